The molecule has 1 aliphatic heterocycles. The highest BCUT2D eigenvalue weighted by molar-refractivity contribution is 7.89. The zero-order valence-corrected chi connectivity index (χ0v) is 19.9. The van der Waals surface area contributed by atoms with Gasteiger partial charge in [-0.3, -0.25) is 4.79 Å². The highest BCUT2D eigenvalue weighted by Crippen LogP contribution is 2.30. The number of likely N-dealkylation sites (N-methyl/N-ethyl adjacent to an activating group) is 1. The van der Waals surface area contributed by atoms with Gasteiger partial charge < -0.3 is 19.3 Å². The maximum atomic E-state index is 13.1. The minimum atomic E-state index is -3.68. The molecule has 9 heteroatoms. The molecule has 0 bridgehead atoms. The fourth-order valence-electron chi connectivity index (χ4n) is 3.87. The van der Waals surface area contributed by atoms with Gasteiger partial charge in [-0.1, -0.05) is 24.3 Å². The molecule has 1 atom stereocenters. The molecule has 0 saturated carbocycles. The van der Waals surface area contributed by atoms with Crippen molar-refractivity contribution in [3.8, 4) is 11.5 Å². The molecule has 2 aromatic carbocycles. The van der Waals surface area contributed by atoms with Crippen LogP contribution in [-0.2, 0) is 21.4 Å². The van der Waals surface area contributed by atoms with Crippen molar-refractivity contribution in [2.24, 2.45) is 0 Å². The van der Waals surface area contributed by atoms with Crippen molar-refractivity contribution >= 4 is 15.9 Å². The summed E-state index contributed by atoms with van der Waals surface area (Å²) in [7, 11) is 1.29. The van der Waals surface area contributed by atoms with E-state index in [1.807, 2.05) is 19.2 Å². The molecule has 0 radical (unpaired) electrons. The molecule has 0 spiro atoms. The van der Waals surface area contributed by atoms with E-state index in [2.05, 4.69) is 19.1 Å². The Morgan fingerprint density at radius 2 is 1.66 bits per heavy atom. The largest absolute Gasteiger partial charge is 0.493 e. The Labute approximate surface area is 190 Å². The van der Waals surface area contributed by atoms with Crippen molar-refractivity contribution in [3.05, 3.63) is 53.6 Å². The van der Waals surface area contributed by atoms with Gasteiger partial charge >= 0.3 is 0 Å². The van der Waals surface area contributed by atoms with Crippen LogP contribution in [0, 0.1) is 6.92 Å². The summed E-state index contributed by atoms with van der Waals surface area (Å²) in [6.07, 6.45) is 0. The van der Waals surface area contributed by atoms with E-state index >= 15 is 0 Å². The number of hydrogen-bond acceptors (Lipinski definition) is 5. The molecule has 1 heterocycles. The monoisotopic (exact) mass is 462 g/mol. The van der Waals surface area contributed by atoms with Crippen LogP contribution < -0.4 is 14.4 Å². The lowest BCUT2D eigenvalue weighted by Gasteiger charge is -2.34. The van der Waals surface area contributed by atoms with Crippen LogP contribution in [0.2, 0.25) is 0 Å². The quantitative estimate of drug-likeness (QED) is 0.620. The first-order valence-corrected chi connectivity index (χ1v) is 12.1. The van der Waals surface area contributed by atoms with Crippen LogP contribution in [0.4, 0.5) is 0 Å². The average Bonchev–Trinajstić information content (AvgIpc) is 2.80. The predicted molar refractivity (Wildman–Crippen MR) is 122 cm³/mol. The molecular formula is C23H32N3O5S+. The molecule has 3 rings (SSSR count). The minimum absolute atomic E-state index is 0.0410. The number of piperazine rings is 1. The summed E-state index contributed by atoms with van der Waals surface area (Å²) in [5.41, 5.74) is 2.44. The van der Waals surface area contributed by atoms with Gasteiger partial charge in [-0.25, -0.2) is 8.42 Å². The third-order valence-corrected chi connectivity index (χ3v) is 7.69. The summed E-state index contributed by atoms with van der Waals surface area (Å²) < 4.78 is 38.0. The standard InChI is InChI=1S/C23H31N3O5S/c1-18-7-5-6-8-19(18)16-24(2)17-23(27)25-11-13-26(14-12-25)32(28,29)20-9-10-21(30-3)22(15-20)31-4/h5-10,15H,11-14,16-17H2,1-4H3/p+1. The van der Waals surface area contributed by atoms with Crippen molar-refractivity contribution in [1.82, 2.24) is 9.21 Å². The van der Waals surface area contributed by atoms with E-state index in [1.54, 1.807) is 11.0 Å². The van der Waals surface area contributed by atoms with E-state index in [1.165, 1.54) is 41.8 Å². The van der Waals surface area contributed by atoms with E-state index < -0.39 is 10.0 Å². The molecular weight excluding hydrogens is 430 g/mol. The molecule has 2 aromatic rings. The fraction of sp³-hybridized carbons (Fsp3) is 0.435. The highest BCUT2D eigenvalue weighted by atomic mass is 32.2. The number of aryl methyl sites for hydroxylation is 1. The van der Waals surface area contributed by atoms with Gasteiger partial charge in [-0.15, -0.1) is 0 Å². The Bertz CT molecular complexity index is 1050. The summed E-state index contributed by atoms with van der Waals surface area (Å²) in [5.74, 6) is 0.875. The van der Waals surface area contributed by atoms with Crippen LogP contribution in [0.1, 0.15) is 11.1 Å². The van der Waals surface area contributed by atoms with Crippen LogP contribution in [0.5, 0.6) is 11.5 Å². The topological polar surface area (TPSA) is 80.6 Å². The first-order valence-electron chi connectivity index (χ1n) is 10.6. The van der Waals surface area contributed by atoms with Crippen molar-refractivity contribution in [3.63, 3.8) is 0 Å². The lowest BCUT2D eigenvalue weighted by atomic mass is 10.1. The van der Waals surface area contributed by atoms with Gasteiger partial charge in [-0.05, 0) is 24.6 Å². The summed E-state index contributed by atoms with van der Waals surface area (Å²) in [6, 6.07) is 12.7. The van der Waals surface area contributed by atoms with E-state index in [0.717, 1.165) is 11.4 Å². The number of nitrogens with one attached hydrogen (secondary N) is 1. The summed E-state index contributed by atoms with van der Waals surface area (Å²) in [6.45, 7) is 4.50. The van der Waals surface area contributed by atoms with Crippen LogP contribution >= 0.6 is 0 Å². The van der Waals surface area contributed by atoms with Crippen LogP contribution in [0.3, 0.4) is 0 Å². The van der Waals surface area contributed by atoms with Crippen LogP contribution in [0.25, 0.3) is 0 Å². The number of quaternary nitrogens is 1. The maximum Gasteiger partial charge on any atom is 0.277 e. The number of sulfonamides is 1. The Morgan fingerprint density at radius 3 is 2.28 bits per heavy atom. The van der Waals surface area contributed by atoms with Gasteiger partial charge in [0.1, 0.15) is 6.54 Å². The third kappa shape index (κ3) is 5.40. The molecule has 1 amide bonds. The summed E-state index contributed by atoms with van der Waals surface area (Å²) in [5, 5.41) is 0. The summed E-state index contributed by atoms with van der Waals surface area (Å²) in [4.78, 5) is 15.8. The van der Waals surface area contributed by atoms with Gasteiger partial charge in [0, 0.05) is 37.8 Å². The summed E-state index contributed by atoms with van der Waals surface area (Å²) >= 11 is 0. The molecule has 1 unspecified atom stereocenters. The molecule has 32 heavy (non-hydrogen) atoms. The number of benzene rings is 2. The number of carbonyl (C=O) groups is 1. The Hall–Kier alpha value is -2.62. The van der Waals surface area contributed by atoms with Gasteiger partial charge in [0.25, 0.3) is 5.91 Å². The normalized spacial score (nSPS) is 15.9. The molecule has 1 aliphatic rings. The van der Waals surface area contributed by atoms with Crippen molar-refractivity contribution in [2.75, 3.05) is 54.0 Å². The smallest absolute Gasteiger partial charge is 0.277 e. The minimum Gasteiger partial charge on any atom is -0.493 e. The lowest BCUT2D eigenvalue weighted by molar-refractivity contribution is -0.885. The SMILES string of the molecule is COc1ccc(S(=O)(=O)N2CCN(C(=O)C[NH+](C)Cc3ccccc3C)CC2)cc1OC. The number of methoxy groups -OCH3 is 2. The zero-order valence-electron chi connectivity index (χ0n) is 19.1. The first-order chi connectivity index (χ1) is 15.3. The lowest BCUT2D eigenvalue weighted by Crippen LogP contribution is -3.09. The molecule has 1 N–H and O–H groups in total. The van der Waals surface area contributed by atoms with Crippen molar-refractivity contribution < 1.29 is 27.6 Å². The number of carbonyl (C=O) groups excluding carboxylic acids is 1. The van der Waals surface area contributed by atoms with Crippen LogP contribution in [0.15, 0.2) is 47.4 Å². The van der Waals surface area contributed by atoms with E-state index in [0.29, 0.717) is 31.1 Å². The second-order valence-electron chi connectivity index (χ2n) is 8.04. The molecule has 1 fully saturated rings. The van der Waals surface area contributed by atoms with Gasteiger partial charge in [0.15, 0.2) is 18.0 Å². The Morgan fingerprint density at radius 1 is 1.00 bits per heavy atom. The van der Waals surface area contributed by atoms with Gasteiger partial charge in [0.2, 0.25) is 10.0 Å². The maximum absolute atomic E-state index is 13.1. The average molecular weight is 463 g/mol. The number of hydrogen-bond donors (Lipinski definition) is 1. The van der Waals surface area contributed by atoms with Crippen molar-refractivity contribution in [1.29, 1.82) is 0 Å². The Kier molecular flexibility index (Phi) is 7.76. The van der Waals surface area contributed by atoms with E-state index in [4.69, 9.17) is 9.47 Å². The second kappa shape index (κ2) is 10.3. The second-order valence-corrected chi connectivity index (χ2v) is 9.98. The number of nitrogens with zero attached hydrogens (tertiary/aromatic N) is 2. The van der Waals surface area contributed by atoms with Crippen LogP contribution in [-0.4, -0.2) is 77.5 Å². The number of rotatable bonds is 8. The van der Waals surface area contributed by atoms with E-state index in [-0.39, 0.29) is 23.9 Å². The molecule has 1 saturated heterocycles. The number of ether oxygens (including phenoxy) is 2. The fourth-order valence-corrected chi connectivity index (χ4v) is 5.31. The molecule has 8 nitrogen and oxygen atoms in total. The van der Waals surface area contributed by atoms with Crippen molar-refractivity contribution in [2.45, 2.75) is 18.4 Å². The molecule has 174 valence electrons. The van der Waals surface area contributed by atoms with Gasteiger partial charge in [0.05, 0.1) is 26.2 Å². The molecule has 0 aliphatic carbocycles. The highest BCUT2D eigenvalue weighted by Gasteiger charge is 2.31. The van der Waals surface area contributed by atoms with Gasteiger partial charge in [-0.2, -0.15) is 4.31 Å². The molecule has 0 aromatic heterocycles. The number of amides is 1. The third-order valence-electron chi connectivity index (χ3n) is 5.79. The zero-order chi connectivity index (χ0) is 23.3. The van der Waals surface area contributed by atoms with E-state index in [9.17, 15) is 13.2 Å². The Balaban J connectivity index is 1.58. The predicted octanol–water partition coefficient (Wildman–Crippen LogP) is 0.560. The first kappa shape index (κ1) is 24.0.